The normalized spacial score (nSPS) is 10.3. The van der Waals surface area contributed by atoms with Gasteiger partial charge in [0.2, 0.25) is 11.8 Å². The molecule has 4 nitrogen and oxygen atoms in total. The number of hydrogen-bond acceptors (Lipinski definition) is 4. The molecule has 0 fully saturated rings. The Morgan fingerprint density at radius 2 is 2.06 bits per heavy atom. The highest BCUT2D eigenvalue weighted by Crippen LogP contribution is 2.18. The van der Waals surface area contributed by atoms with Gasteiger partial charge in [-0.15, -0.1) is 11.8 Å². The van der Waals surface area contributed by atoms with E-state index >= 15 is 0 Å². The minimum atomic E-state index is -0.100. The molecule has 2 rings (SSSR count). The van der Waals surface area contributed by atoms with E-state index in [0.29, 0.717) is 11.6 Å². The number of aryl methyl sites for hydroxylation is 2. The Kier molecular flexibility index (Phi) is 4.04. The first-order valence-corrected chi connectivity index (χ1v) is 6.55. The number of hydrogen-bond donors (Lipinski definition) is 1. The molecule has 1 heterocycles. The zero-order valence-electron chi connectivity index (χ0n) is 10.3. The van der Waals surface area contributed by atoms with Crippen molar-refractivity contribution in [3.8, 4) is 0 Å². The third-order valence-electron chi connectivity index (χ3n) is 2.28. The Labute approximate surface area is 110 Å². The lowest BCUT2D eigenvalue weighted by atomic mass is 10.2. The van der Waals surface area contributed by atoms with Crippen molar-refractivity contribution in [3.05, 3.63) is 41.6 Å². The molecule has 1 N–H and O–H groups in total. The Balaban J connectivity index is 1.83. The van der Waals surface area contributed by atoms with Gasteiger partial charge in [-0.25, -0.2) is 0 Å². The summed E-state index contributed by atoms with van der Waals surface area (Å²) in [6.07, 6.45) is 0. The molecule has 0 saturated carbocycles. The SMILES string of the molecule is Cc1ccc(SCC(=O)Nc2cc(C)no2)cc1. The number of benzene rings is 1. The smallest absolute Gasteiger partial charge is 0.237 e. The largest absolute Gasteiger partial charge is 0.338 e. The standard InChI is InChI=1S/C13H14N2O2S/c1-9-3-5-11(6-4-9)18-8-12(16)14-13-7-10(2)15-17-13/h3-7H,8H2,1-2H3,(H,14,16). The van der Waals surface area contributed by atoms with Crippen LogP contribution in [0, 0.1) is 13.8 Å². The summed E-state index contributed by atoms with van der Waals surface area (Å²) in [5.41, 5.74) is 1.96. The lowest BCUT2D eigenvalue weighted by Crippen LogP contribution is -2.13. The molecule has 0 atom stereocenters. The maximum atomic E-state index is 11.6. The Morgan fingerprint density at radius 1 is 1.33 bits per heavy atom. The monoisotopic (exact) mass is 262 g/mol. The van der Waals surface area contributed by atoms with E-state index in [0.717, 1.165) is 10.6 Å². The molecule has 1 aromatic carbocycles. The lowest BCUT2D eigenvalue weighted by molar-refractivity contribution is -0.113. The van der Waals surface area contributed by atoms with Crippen LogP contribution in [0.3, 0.4) is 0 Å². The lowest BCUT2D eigenvalue weighted by Gasteiger charge is -2.02. The molecular formula is C13H14N2O2S. The highest BCUT2D eigenvalue weighted by Gasteiger charge is 2.06. The summed E-state index contributed by atoms with van der Waals surface area (Å²) in [5, 5.41) is 6.36. The molecule has 0 unspecified atom stereocenters. The number of anilines is 1. The van der Waals surface area contributed by atoms with E-state index in [1.54, 1.807) is 13.0 Å². The molecule has 18 heavy (non-hydrogen) atoms. The average molecular weight is 262 g/mol. The second-order valence-electron chi connectivity index (χ2n) is 3.98. The van der Waals surface area contributed by atoms with E-state index < -0.39 is 0 Å². The molecule has 1 amide bonds. The molecule has 5 heteroatoms. The Bertz CT molecular complexity index is 534. The number of nitrogens with one attached hydrogen (secondary N) is 1. The van der Waals surface area contributed by atoms with E-state index in [-0.39, 0.29) is 5.91 Å². The van der Waals surface area contributed by atoms with E-state index in [2.05, 4.69) is 10.5 Å². The van der Waals surface area contributed by atoms with Gasteiger partial charge in [0.05, 0.1) is 11.4 Å². The highest BCUT2D eigenvalue weighted by molar-refractivity contribution is 8.00. The maximum absolute atomic E-state index is 11.6. The van der Waals surface area contributed by atoms with Crippen LogP contribution in [0.2, 0.25) is 0 Å². The maximum Gasteiger partial charge on any atom is 0.237 e. The van der Waals surface area contributed by atoms with Gasteiger partial charge in [0.15, 0.2) is 0 Å². The van der Waals surface area contributed by atoms with Crippen LogP contribution in [0.4, 0.5) is 5.88 Å². The van der Waals surface area contributed by atoms with Crippen LogP contribution in [0.5, 0.6) is 0 Å². The van der Waals surface area contributed by atoms with Crippen molar-refractivity contribution < 1.29 is 9.32 Å². The van der Waals surface area contributed by atoms with Gasteiger partial charge in [0.1, 0.15) is 0 Å². The van der Waals surface area contributed by atoms with Crippen LogP contribution in [0.15, 0.2) is 39.8 Å². The predicted molar refractivity (Wildman–Crippen MR) is 71.8 cm³/mol. The summed E-state index contributed by atoms with van der Waals surface area (Å²) < 4.78 is 4.91. The number of amides is 1. The van der Waals surface area contributed by atoms with Crippen LogP contribution in [-0.2, 0) is 4.79 Å². The van der Waals surface area contributed by atoms with Gasteiger partial charge < -0.3 is 4.52 Å². The fourth-order valence-electron chi connectivity index (χ4n) is 1.38. The number of aromatic nitrogens is 1. The first-order valence-electron chi connectivity index (χ1n) is 5.56. The third kappa shape index (κ3) is 3.63. The summed E-state index contributed by atoms with van der Waals surface area (Å²) in [6.45, 7) is 3.84. The van der Waals surface area contributed by atoms with Crippen molar-refractivity contribution in [1.29, 1.82) is 0 Å². The van der Waals surface area contributed by atoms with Crippen molar-refractivity contribution in [2.45, 2.75) is 18.7 Å². The molecule has 2 aromatic rings. The molecule has 0 spiro atoms. The minimum Gasteiger partial charge on any atom is -0.338 e. The second-order valence-corrected chi connectivity index (χ2v) is 5.03. The van der Waals surface area contributed by atoms with E-state index in [1.165, 1.54) is 17.3 Å². The summed E-state index contributed by atoms with van der Waals surface area (Å²) >= 11 is 1.49. The van der Waals surface area contributed by atoms with Crippen LogP contribution in [0.25, 0.3) is 0 Å². The number of thioether (sulfide) groups is 1. The number of carbonyl (C=O) groups is 1. The average Bonchev–Trinajstić information content (AvgIpc) is 2.74. The van der Waals surface area contributed by atoms with E-state index in [4.69, 9.17) is 4.52 Å². The summed E-state index contributed by atoms with van der Waals surface area (Å²) in [5.74, 6) is 0.641. The zero-order valence-corrected chi connectivity index (χ0v) is 11.1. The molecule has 0 bridgehead atoms. The van der Waals surface area contributed by atoms with Crippen molar-refractivity contribution >= 4 is 23.6 Å². The molecule has 1 aromatic heterocycles. The summed E-state index contributed by atoms with van der Waals surface area (Å²) in [7, 11) is 0. The molecular weight excluding hydrogens is 248 g/mol. The van der Waals surface area contributed by atoms with Gasteiger partial charge in [-0.05, 0) is 26.0 Å². The van der Waals surface area contributed by atoms with Crippen LogP contribution in [-0.4, -0.2) is 16.8 Å². The second kappa shape index (κ2) is 5.73. The van der Waals surface area contributed by atoms with E-state index in [9.17, 15) is 4.79 Å². The van der Waals surface area contributed by atoms with Crippen LogP contribution < -0.4 is 5.32 Å². The summed E-state index contributed by atoms with van der Waals surface area (Å²) in [4.78, 5) is 12.7. The van der Waals surface area contributed by atoms with Crippen LogP contribution in [0.1, 0.15) is 11.3 Å². The van der Waals surface area contributed by atoms with E-state index in [1.807, 2.05) is 31.2 Å². The first kappa shape index (κ1) is 12.7. The molecule has 0 aliphatic carbocycles. The van der Waals surface area contributed by atoms with Gasteiger partial charge >= 0.3 is 0 Å². The highest BCUT2D eigenvalue weighted by atomic mass is 32.2. The fourth-order valence-corrected chi connectivity index (χ4v) is 2.08. The van der Waals surface area contributed by atoms with Gasteiger partial charge in [-0.2, -0.15) is 0 Å². The molecule has 0 aliphatic heterocycles. The minimum absolute atomic E-state index is 0.100. The van der Waals surface area contributed by atoms with Gasteiger partial charge in [-0.3, -0.25) is 10.1 Å². The number of carbonyl (C=O) groups excluding carboxylic acids is 1. The number of rotatable bonds is 4. The molecule has 0 radical (unpaired) electrons. The number of nitrogens with zero attached hydrogens (tertiary/aromatic N) is 1. The topological polar surface area (TPSA) is 55.1 Å². The van der Waals surface area contributed by atoms with Crippen molar-refractivity contribution in [2.75, 3.05) is 11.1 Å². The Morgan fingerprint density at radius 3 is 2.67 bits per heavy atom. The molecule has 0 aliphatic rings. The molecule has 94 valence electrons. The zero-order chi connectivity index (χ0) is 13.0. The van der Waals surface area contributed by atoms with Crippen molar-refractivity contribution in [2.24, 2.45) is 0 Å². The van der Waals surface area contributed by atoms with Gasteiger partial charge in [0.25, 0.3) is 0 Å². The first-order chi connectivity index (χ1) is 8.63. The quantitative estimate of drug-likeness (QED) is 0.860. The third-order valence-corrected chi connectivity index (χ3v) is 3.29. The van der Waals surface area contributed by atoms with Gasteiger partial charge in [0, 0.05) is 11.0 Å². The fraction of sp³-hybridized carbons (Fsp3) is 0.231. The van der Waals surface area contributed by atoms with Crippen molar-refractivity contribution in [1.82, 2.24) is 5.16 Å². The predicted octanol–water partition coefficient (Wildman–Crippen LogP) is 3.02. The Hall–Kier alpha value is -1.75. The van der Waals surface area contributed by atoms with Crippen molar-refractivity contribution in [3.63, 3.8) is 0 Å². The molecule has 0 saturated heterocycles. The summed E-state index contributed by atoms with van der Waals surface area (Å²) in [6, 6.07) is 9.76. The van der Waals surface area contributed by atoms with Crippen LogP contribution >= 0.6 is 11.8 Å². The van der Waals surface area contributed by atoms with Gasteiger partial charge in [-0.1, -0.05) is 22.9 Å².